The third kappa shape index (κ3) is 8.23. The number of hydrogen-bond acceptors (Lipinski definition) is 11. The van der Waals surface area contributed by atoms with Gasteiger partial charge in [0.15, 0.2) is 0 Å². The number of aromatic nitrogens is 6. The number of halogens is 1. The van der Waals surface area contributed by atoms with Gasteiger partial charge in [-0.25, -0.2) is 0 Å². The largest absolute Gasteiger partial charge is 0.339 e. The third-order valence-electron chi connectivity index (χ3n) is 7.47. The standard InChI is InChI=1S/C24H24N6O3.C10H9BrN2O/c1-16-25-23(27-32-16)20-7-3-5-18(11-20)13-29-9-10-30(22(31)15-29)14-19-6-4-8-21(12-19)24-26-17(2)33-28-24;1-7-12-10(13-14-7)9-4-2-3-8(5-9)6-11/h3-8,11-12H,9-10,13-15H2,1-2H3;2-5H,6H2,1H3. The van der Waals surface area contributed by atoms with Crippen LogP contribution in [-0.4, -0.2) is 65.8 Å². The summed E-state index contributed by atoms with van der Waals surface area (Å²) in [5.74, 6) is 3.55. The molecule has 0 saturated carbocycles. The zero-order valence-electron chi connectivity index (χ0n) is 26.3. The lowest BCUT2D eigenvalue weighted by Crippen LogP contribution is -2.49. The van der Waals surface area contributed by atoms with E-state index in [-0.39, 0.29) is 5.91 Å². The fourth-order valence-corrected chi connectivity index (χ4v) is 5.55. The van der Waals surface area contributed by atoms with E-state index in [9.17, 15) is 4.79 Å². The Hall–Kier alpha value is -5.01. The van der Waals surface area contributed by atoms with Gasteiger partial charge in [0, 0.05) is 69.0 Å². The van der Waals surface area contributed by atoms with Crippen LogP contribution in [0.1, 0.15) is 34.4 Å². The van der Waals surface area contributed by atoms with Crippen LogP contribution in [0.5, 0.6) is 0 Å². The molecule has 13 heteroatoms. The van der Waals surface area contributed by atoms with Gasteiger partial charge < -0.3 is 18.5 Å². The topological polar surface area (TPSA) is 140 Å². The van der Waals surface area contributed by atoms with E-state index in [2.05, 4.69) is 57.3 Å². The van der Waals surface area contributed by atoms with Crippen LogP contribution in [-0.2, 0) is 23.2 Å². The van der Waals surface area contributed by atoms with Crippen molar-refractivity contribution in [1.82, 2.24) is 40.2 Å². The van der Waals surface area contributed by atoms with E-state index in [1.165, 1.54) is 5.56 Å². The van der Waals surface area contributed by atoms with Crippen molar-refractivity contribution in [3.8, 4) is 34.2 Å². The number of carbonyl (C=O) groups excluding carboxylic acids is 1. The SMILES string of the molecule is Cc1nc(-c2cccc(CBr)c2)no1.Cc1nc(-c2cccc(CN3CCN(Cc4cccc(-c5noc(C)n5)c4)C(=O)C3)c2)no1. The second kappa shape index (κ2) is 14.6. The molecule has 0 bridgehead atoms. The Kier molecular flexibility index (Phi) is 9.93. The van der Waals surface area contributed by atoms with E-state index in [0.717, 1.165) is 39.7 Å². The van der Waals surface area contributed by atoms with E-state index in [1.54, 1.807) is 20.8 Å². The molecule has 0 unspecified atom stereocenters. The molecule has 1 fully saturated rings. The van der Waals surface area contributed by atoms with Crippen molar-refractivity contribution in [2.24, 2.45) is 0 Å². The van der Waals surface area contributed by atoms with Gasteiger partial charge in [0.1, 0.15) is 0 Å². The monoisotopic (exact) mass is 696 g/mol. The Bertz CT molecular complexity index is 1970. The highest BCUT2D eigenvalue weighted by Crippen LogP contribution is 2.22. The van der Waals surface area contributed by atoms with Crippen LogP contribution in [0.15, 0.2) is 86.4 Å². The maximum absolute atomic E-state index is 12.9. The molecule has 240 valence electrons. The molecule has 1 saturated heterocycles. The Morgan fingerprint density at radius 1 is 0.638 bits per heavy atom. The van der Waals surface area contributed by atoms with Crippen molar-refractivity contribution < 1.29 is 18.4 Å². The minimum atomic E-state index is 0.118. The number of hydrogen-bond donors (Lipinski definition) is 0. The van der Waals surface area contributed by atoms with E-state index >= 15 is 0 Å². The number of nitrogens with zero attached hydrogens (tertiary/aromatic N) is 8. The van der Waals surface area contributed by atoms with Crippen molar-refractivity contribution >= 4 is 21.8 Å². The van der Waals surface area contributed by atoms with Gasteiger partial charge in [0.2, 0.25) is 41.1 Å². The number of amides is 1. The number of aryl methyl sites for hydroxylation is 3. The van der Waals surface area contributed by atoms with Gasteiger partial charge in [0.05, 0.1) is 6.54 Å². The average Bonchev–Trinajstić information content (AvgIpc) is 3.84. The van der Waals surface area contributed by atoms with E-state index in [1.807, 2.05) is 71.6 Å². The molecular formula is C34H33BrN8O4. The van der Waals surface area contributed by atoms with Crippen LogP contribution in [0.2, 0.25) is 0 Å². The average molecular weight is 698 g/mol. The van der Waals surface area contributed by atoms with Gasteiger partial charge in [-0.2, -0.15) is 15.0 Å². The lowest BCUT2D eigenvalue weighted by atomic mass is 10.1. The van der Waals surface area contributed by atoms with Crippen LogP contribution < -0.4 is 0 Å². The Labute approximate surface area is 279 Å². The number of rotatable bonds is 8. The van der Waals surface area contributed by atoms with Crippen molar-refractivity contribution in [1.29, 1.82) is 0 Å². The maximum Gasteiger partial charge on any atom is 0.237 e. The van der Waals surface area contributed by atoms with Crippen LogP contribution in [0.4, 0.5) is 0 Å². The summed E-state index contributed by atoms with van der Waals surface area (Å²) in [5, 5.41) is 12.7. The molecule has 1 amide bonds. The smallest absolute Gasteiger partial charge is 0.237 e. The second-order valence-electron chi connectivity index (χ2n) is 11.2. The molecular weight excluding hydrogens is 664 g/mol. The third-order valence-corrected chi connectivity index (χ3v) is 8.12. The molecule has 12 nitrogen and oxygen atoms in total. The van der Waals surface area contributed by atoms with Gasteiger partial charge in [-0.05, 0) is 34.9 Å². The fraction of sp³-hybridized carbons (Fsp3) is 0.265. The summed E-state index contributed by atoms with van der Waals surface area (Å²) in [7, 11) is 0. The lowest BCUT2D eigenvalue weighted by Gasteiger charge is -2.34. The molecule has 6 aromatic rings. The molecule has 4 heterocycles. The first-order valence-electron chi connectivity index (χ1n) is 15.1. The van der Waals surface area contributed by atoms with Gasteiger partial charge in [-0.1, -0.05) is 86.0 Å². The molecule has 0 atom stereocenters. The summed E-state index contributed by atoms with van der Waals surface area (Å²) < 4.78 is 15.1. The second-order valence-corrected chi connectivity index (χ2v) is 11.7. The summed E-state index contributed by atoms with van der Waals surface area (Å²) in [4.78, 5) is 29.7. The zero-order valence-corrected chi connectivity index (χ0v) is 27.8. The number of piperazine rings is 1. The highest BCUT2D eigenvalue weighted by molar-refractivity contribution is 9.08. The molecule has 3 aromatic carbocycles. The predicted molar refractivity (Wildman–Crippen MR) is 177 cm³/mol. The zero-order chi connectivity index (χ0) is 32.8. The Balaban J connectivity index is 0.000000230. The molecule has 0 spiro atoms. The lowest BCUT2D eigenvalue weighted by molar-refractivity contribution is -0.136. The fourth-order valence-electron chi connectivity index (χ4n) is 5.20. The van der Waals surface area contributed by atoms with Crippen LogP contribution >= 0.6 is 15.9 Å². The van der Waals surface area contributed by atoms with Crippen LogP contribution in [0.3, 0.4) is 0 Å². The van der Waals surface area contributed by atoms with Crippen LogP contribution in [0.25, 0.3) is 34.2 Å². The quantitative estimate of drug-likeness (QED) is 0.168. The Morgan fingerprint density at radius 3 is 1.51 bits per heavy atom. The number of alkyl halides is 1. The first-order chi connectivity index (χ1) is 22.8. The predicted octanol–water partition coefficient (Wildman–Crippen LogP) is 6.19. The Morgan fingerprint density at radius 2 is 1.09 bits per heavy atom. The van der Waals surface area contributed by atoms with Gasteiger partial charge in [0.25, 0.3) is 0 Å². The first kappa shape index (κ1) is 32.0. The molecule has 3 aromatic heterocycles. The minimum absolute atomic E-state index is 0.118. The van der Waals surface area contributed by atoms with Crippen molar-refractivity contribution in [3.63, 3.8) is 0 Å². The van der Waals surface area contributed by atoms with Crippen molar-refractivity contribution in [2.75, 3.05) is 19.6 Å². The van der Waals surface area contributed by atoms with Gasteiger partial charge >= 0.3 is 0 Å². The normalized spacial score (nSPS) is 13.4. The molecule has 0 radical (unpaired) electrons. The maximum atomic E-state index is 12.9. The number of benzene rings is 3. The summed E-state index contributed by atoms with van der Waals surface area (Å²) in [6, 6.07) is 24.0. The summed E-state index contributed by atoms with van der Waals surface area (Å²) in [5.41, 5.74) is 6.13. The number of carbonyl (C=O) groups is 1. The van der Waals surface area contributed by atoms with E-state index in [0.29, 0.717) is 61.3 Å². The molecule has 0 N–H and O–H groups in total. The van der Waals surface area contributed by atoms with Crippen molar-refractivity contribution in [2.45, 2.75) is 39.2 Å². The molecule has 0 aliphatic carbocycles. The van der Waals surface area contributed by atoms with E-state index < -0.39 is 0 Å². The van der Waals surface area contributed by atoms with Gasteiger partial charge in [-0.15, -0.1) is 0 Å². The summed E-state index contributed by atoms with van der Waals surface area (Å²) in [6.45, 7) is 8.44. The molecule has 7 rings (SSSR count). The van der Waals surface area contributed by atoms with Crippen LogP contribution in [0, 0.1) is 20.8 Å². The highest BCUT2D eigenvalue weighted by Gasteiger charge is 2.24. The first-order valence-corrected chi connectivity index (χ1v) is 16.2. The molecule has 1 aliphatic heterocycles. The molecule has 47 heavy (non-hydrogen) atoms. The van der Waals surface area contributed by atoms with Crippen molar-refractivity contribution in [3.05, 3.63) is 107 Å². The minimum Gasteiger partial charge on any atom is -0.339 e. The van der Waals surface area contributed by atoms with Gasteiger partial charge in [-0.3, -0.25) is 9.69 Å². The summed E-state index contributed by atoms with van der Waals surface area (Å²) >= 11 is 3.41. The molecule has 1 aliphatic rings. The summed E-state index contributed by atoms with van der Waals surface area (Å²) in [6.07, 6.45) is 0. The van der Waals surface area contributed by atoms with E-state index in [4.69, 9.17) is 13.6 Å². The highest BCUT2D eigenvalue weighted by atomic mass is 79.9.